The lowest BCUT2D eigenvalue weighted by molar-refractivity contribution is -0.129. The van der Waals surface area contributed by atoms with Crippen LogP contribution in [0.5, 0.6) is 5.75 Å². The predicted octanol–water partition coefficient (Wildman–Crippen LogP) is 6.21. The summed E-state index contributed by atoms with van der Waals surface area (Å²) in [4.78, 5) is 32.6. The Balaban J connectivity index is 1.56. The standard InChI is InChI=1S/C26H23Cl2N3O3S/c1-34-22-9-7-20(8-10-22)30-26-31(12-11-17-5-3-2-4-6-17)24(32)16-23(35-26)25(33)29-21-14-18(27)13-19(28)15-21/h2-10,13-15,23H,11-12,16H2,1H3,(H,29,33). The Morgan fingerprint density at radius 2 is 1.77 bits per heavy atom. The molecule has 35 heavy (non-hydrogen) atoms. The van der Waals surface area contributed by atoms with Gasteiger partial charge in [0, 0.05) is 28.7 Å². The van der Waals surface area contributed by atoms with E-state index in [0.717, 1.165) is 5.56 Å². The lowest BCUT2D eigenvalue weighted by Gasteiger charge is -2.32. The maximum absolute atomic E-state index is 13.2. The molecule has 1 aliphatic heterocycles. The zero-order valence-corrected chi connectivity index (χ0v) is 21.2. The number of anilines is 1. The molecule has 9 heteroatoms. The molecule has 0 radical (unpaired) electrons. The fourth-order valence-corrected chi connectivity index (χ4v) is 5.21. The number of carbonyl (C=O) groups is 2. The first-order chi connectivity index (χ1) is 16.9. The minimum Gasteiger partial charge on any atom is -0.497 e. The van der Waals surface area contributed by atoms with Gasteiger partial charge < -0.3 is 10.1 Å². The molecule has 1 fully saturated rings. The van der Waals surface area contributed by atoms with E-state index in [9.17, 15) is 9.59 Å². The van der Waals surface area contributed by atoms with E-state index < -0.39 is 5.25 Å². The highest BCUT2D eigenvalue weighted by Gasteiger charge is 2.35. The van der Waals surface area contributed by atoms with Crippen molar-refractivity contribution in [2.24, 2.45) is 4.99 Å². The van der Waals surface area contributed by atoms with Crippen LogP contribution in [0.3, 0.4) is 0 Å². The van der Waals surface area contributed by atoms with Gasteiger partial charge in [0.1, 0.15) is 11.0 Å². The normalized spacial score (nSPS) is 16.9. The van der Waals surface area contributed by atoms with Gasteiger partial charge in [0.25, 0.3) is 0 Å². The van der Waals surface area contributed by atoms with Gasteiger partial charge in [-0.2, -0.15) is 0 Å². The highest BCUT2D eigenvalue weighted by Crippen LogP contribution is 2.31. The lowest BCUT2D eigenvalue weighted by atomic mass is 10.1. The fourth-order valence-electron chi connectivity index (χ4n) is 3.56. The van der Waals surface area contributed by atoms with Crippen LogP contribution in [-0.4, -0.2) is 40.8 Å². The highest BCUT2D eigenvalue weighted by molar-refractivity contribution is 8.15. The summed E-state index contributed by atoms with van der Waals surface area (Å²) < 4.78 is 5.22. The number of halogens is 2. The number of benzene rings is 3. The first-order valence-electron chi connectivity index (χ1n) is 10.9. The molecule has 1 unspecified atom stereocenters. The van der Waals surface area contributed by atoms with Gasteiger partial charge in [0.15, 0.2) is 5.17 Å². The summed E-state index contributed by atoms with van der Waals surface area (Å²) >= 11 is 13.4. The van der Waals surface area contributed by atoms with Gasteiger partial charge in [-0.25, -0.2) is 4.99 Å². The van der Waals surface area contributed by atoms with Gasteiger partial charge in [-0.15, -0.1) is 0 Å². The van der Waals surface area contributed by atoms with Crippen molar-refractivity contribution in [3.8, 4) is 5.75 Å². The Kier molecular flexibility index (Phi) is 8.33. The van der Waals surface area contributed by atoms with Crippen LogP contribution < -0.4 is 10.1 Å². The van der Waals surface area contributed by atoms with E-state index in [1.54, 1.807) is 42.3 Å². The number of aliphatic imine (C=N–C) groups is 1. The number of amidine groups is 1. The monoisotopic (exact) mass is 527 g/mol. The van der Waals surface area contributed by atoms with Crippen LogP contribution in [0.2, 0.25) is 10.0 Å². The van der Waals surface area contributed by atoms with Crippen LogP contribution >= 0.6 is 35.0 Å². The Bertz CT molecular complexity index is 1220. The number of hydrogen-bond acceptors (Lipinski definition) is 5. The number of thioether (sulfide) groups is 1. The summed E-state index contributed by atoms with van der Waals surface area (Å²) in [6.45, 7) is 0.461. The SMILES string of the molecule is COc1ccc(N=C2SC(C(=O)Nc3cc(Cl)cc(Cl)c3)CC(=O)N2CCc2ccccc2)cc1. The third kappa shape index (κ3) is 6.78. The van der Waals surface area contributed by atoms with Crippen LogP contribution in [0.15, 0.2) is 77.8 Å². The second-order valence-corrected chi connectivity index (χ2v) is 9.87. The zero-order valence-electron chi connectivity index (χ0n) is 18.9. The average molecular weight is 528 g/mol. The second-order valence-electron chi connectivity index (χ2n) is 7.83. The van der Waals surface area contributed by atoms with Crippen molar-refractivity contribution in [1.82, 2.24) is 4.90 Å². The van der Waals surface area contributed by atoms with E-state index in [0.29, 0.717) is 45.3 Å². The molecule has 3 aromatic carbocycles. The molecule has 0 aliphatic carbocycles. The van der Waals surface area contributed by atoms with Crippen LogP contribution in [0.4, 0.5) is 11.4 Å². The maximum atomic E-state index is 13.2. The molecule has 1 atom stereocenters. The highest BCUT2D eigenvalue weighted by atomic mass is 35.5. The van der Waals surface area contributed by atoms with Crippen molar-refractivity contribution in [2.45, 2.75) is 18.1 Å². The lowest BCUT2D eigenvalue weighted by Crippen LogP contribution is -2.46. The summed E-state index contributed by atoms with van der Waals surface area (Å²) in [5.41, 5.74) is 2.25. The number of hydrogen-bond donors (Lipinski definition) is 1. The van der Waals surface area contributed by atoms with Gasteiger partial charge in [-0.05, 0) is 54.4 Å². The smallest absolute Gasteiger partial charge is 0.238 e. The van der Waals surface area contributed by atoms with E-state index >= 15 is 0 Å². The van der Waals surface area contributed by atoms with Gasteiger partial charge in [0.2, 0.25) is 11.8 Å². The number of rotatable bonds is 7. The van der Waals surface area contributed by atoms with Crippen LogP contribution in [-0.2, 0) is 16.0 Å². The molecule has 1 aliphatic rings. The average Bonchev–Trinajstić information content (AvgIpc) is 2.84. The first-order valence-corrected chi connectivity index (χ1v) is 12.6. The number of nitrogens with one attached hydrogen (secondary N) is 1. The van der Waals surface area contributed by atoms with Crippen molar-refractivity contribution in [3.63, 3.8) is 0 Å². The van der Waals surface area contributed by atoms with E-state index in [2.05, 4.69) is 5.32 Å². The summed E-state index contributed by atoms with van der Waals surface area (Å²) in [6.07, 6.45) is 0.730. The van der Waals surface area contributed by atoms with Crippen molar-refractivity contribution in [3.05, 3.63) is 88.4 Å². The molecule has 1 N–H and O–H groups in total. The Hall–Kier alpha value is -3.00. The van der Waals surface area contributed by atoms with Crippen LogP contribution in [0.25, 0.3) is 0 Å². The van der Waals surface area contributed by atoms with Gasteiger partial charge in [-0.3, -0.25) is 14.5 Å². The minimum atomic E-state index is -0.648. The summed E-state index contributed by atoms with van der Waals surface area (Å²) in [5, 5.41) is 3.47. The molecule has 180 valence electrons. The molecular weight excluding hydrogens is 505 g/mol. The Labute approximate surface area is 218 Å². The molecule has 1 saturated heterocycles. The molecule has 2 amide bonds. The van der Waals surface area contributed by atoms with Crippen molar-refractivity contribution in [1.29, 1.82) is 0 Å². The van der Waals surface area contributed by atoms with Crippen molar-refractivity contribution >= 4 is 63.3 Å². The number of carbonyl (C=O) groups excluding carboxylic acids is 2. The topological polar surface area (TPSA) is 71.0 Å². The Morgan fingerprint density at radius 3 is 2.43 bits per heavy atom. The fraction of sp³-hybridized carbons (Fsp3) is 0.192. The first kappa shape index (κ1) is 25.1. The van der Waals surface area contributed by atoms with E-state index in [1.165, 1.54) is 11.8 Å². The largest absolute Gasteiger partial charge is 0.497 e. The molecule has 1 heterocycles. The maximum Gasteiger partial charge on any atom is 0.238 e. The number of nitrogens with zero attached hydrogens (tertiary/aromatic N) is 2. The second kappa shape index (κ2) is 11.6. The Morgan fingerprint density at radius 1 is 1.09 bits per heavy atom. The van der Waals surface area contributed by atoms with Gasteiger partial charge in [0.05, 0.1) is 12.8 Å². The summed E-state index contributed by atoms with van der Waals surface area (Å²) in [7, 11) is 1.60. The van der Waals surface area contributed by atoms with E-state index in [1.807, 2.05) is 42.5 Å². The minimum absolute atomic E-state index is 0.0568. The molecule has 0 bridgehead atoms. The summed E-state index contributed by atoms with van der Waals surface area (Å²) in [6, 6.07) is 22.0. The number of amides is 2. The van der Waals surface area contributed by atoms with E-state index in [4.69, 9.17) is 32.9 Å². The predicted molar refractivity (Wildman–Crippen MR) is 143 cm³/mol. The molecule has 0 saturated carbocycles. The molecule has 6 nitrogen and oxygen atoms in total. The molecule has 0 spiro atoms. The molecular formula is C26H23Cl2N3O3S. The molecule has 0 aromatic heterocycles. The third-order valence-electron chi connectivity index (χ3n) is 5.33. The number of ether oxygens (including phenoxy) is 1. The van der Waals surface area contributed by atoms with Gasteiger partial charge in [-0.1, -0.05) is 65.3 Å². The van der Waals surface area contributed by atoms with Crippen molar-refractivity contribution in [2.75, 3.05) is 19.0 Å². The van der Waals surface area contributed by atoms with E-state index in [-0.39, 0.29) is 18.2 Å². The molecule has 4 rings (SSSR count). The number of methoxy groups -OCH3 is 1. The van der Waals surface area contributed by atoms with Gasteiger partial charge >= 0.3 is 0 Å². The quantitative estimate of drug-likeness (QED) is 0.396. The zero-order chi connectivity index (χ0) is 24.8. The molecule has 3 aromatic rings. The van der Waals surface area contributed by atoms with Crippen LogP contribution in [0.1, 0.15) is 12.0 Å². The van der Waals surface area contributed by atoms with Crippen LogP contribution in [0, 0.1) is 0 Å². The summed E-state index contributed by atoms with van der Waals surface area (Å²) in [5.74, 6) is 0.239. The third-order valence-corrected chi connectivity index (χ3v) is 6.95. The van der Waals surface area contributed by atoms with Crippen molar-refractivity contribution < 1.29 is 14.3 Å².